The number of rotatable bonds is 4. The largest absolute Gasteiger partial charge is 0.452 e. The molecule has 1 unspecified atom stereocenters. The Morgan fingerprint density at radius 1 is 1.39 bits per heavy atom. The van der Waals surface area contributed by atoms with E-state index in [1.165, 1.54) is 6.07 Å². The number of benzene rings is 1. The van der Waals surface area contributed by atoms with Gasteiger partial charge in [0.25, 0.3) is 0 Å². The average molecular weight is 333 g/mol. The molecule has 0 fully saturated rings. The van der Waals surface area contributed by atoms with Crippen LogP contribution in [0.25, 0.3) is 0 Å². The van der Waals surface area contributed by atoms with E-state index in [1.807, 2.05) is 19.1 Å². The zero-order chi connectivity index (χ0) is 13.1. The normalized spacial score (nSPS) is 12.7. The van der Waals surface area contributed by atoms with E-state index in [-0.39, 0.29) is 11.1 Å². The summed E-state index contributed by atoms with van der Waals surface area (Å²) in [5.74, 6) is 0.336. The maximum Gasteiger partial charge on any atom is 0.169 e. The fourth-order valence-corrected chi connectivity index (χ4v) is 2.27. The van der Waals surface area contributed by atoms with Crippen molar-refractivity contribution in [1.29, 1.82) is 0 Å². The molecule has 0 aliphatic heterocycles. The van der Waals surface area contributed by atoms with Crippen LogP contribution in [0, 0.1) is 5.82 Å². The molecule has 1 heterocycles. The second kappa shape index (κ2) is 5.87. The smallest absolute Gasteiger partial charge is 0.169 e. The number of hydrogen-bond acceptors (Lipinski definition) is 2. The lowest BCUT2D eigenvalue weighted by atomic mass is 10.0. The predicted molar refractivity (Wildman–Crippen MR) is 73.3 cm³/mol. The summed E-state index contributed by atoms with van der Waals surface area (Å²) in [6.45, 7) is 2.76. The van der Waals surface area contributed by atoms with E-state index in [9.17, 15) is 4.39 Å². The monoisotopic (exact) mass is 331 g/mol. The molecule has 1 aromatic carbocycles. The van der Waals surface area contributed by atoms with Gasteiger partial charge in [-0.05, 0) is 52.3 Å². The second-order valence-corrected chi connectivity index (χ2v) is 4.99. The van der Waals surface area contributed by atoms with Gasteiger partial charge >= 0.3 is 0 Å². The first-order chi connectivity index (χ1) is 8.61. The Morgan fingerprint density at radius 3 is 2.72 bits per heavy atom. The Bertz CT molecular complexity index is 544. The minimum atomic E-state index is -0.420. The molecule has 1 atom stereocenters. The molecule has 1 aromatic heterocycles. The molecule has 0 aliphatic rings. The molecule has 0 saturated carbocycles. The standard InChI is InChI=1S/C13H12BrClFNO/c1-2-17-13(11-5-6-12(14)18-11)8-3-4-10(16)9(15)7-8/h3-7,13,17H,2H2,1H3. The van der Waals surface area contributed by atoms with Gasteiger partial charge in [-0.3, -0.25) is 0 Å². The quantitative estimate of drug-likeness (QED) is 0.889. The van der Waals surface area contributed by atoms with Gasteiger partial charge in [-0.1, -0.05) is 24.6 Å². The van der Waals surface area contributed by atoms with E-state index in [0.29, 0.717) is 4.67 Å². The third kappa shape index (κ3) is 2.94. The van der Waals surface area contributed by atoms with Crippen molar-refractivity contribution in [3.63, 3.8) is 0 Å². The van der Waals surface area contributed by atoms with Crippen LogP contribution in [0.1, 0.15) is 24.3 Å². The summed E-state index contributed by atoms with van der Waals surface area (Å²) in [7, 11) is 0. The molecule has 0 aliphatic carbocycles. The molecule has 0 amide bonds. The van der Waals surface area contributed by atoms with Crippen LogP contribution >= 0.6 is 27.5 Å². The summed E-state index contributed by atoms with van der Waals surface area (Å²) in [6, 6.07) is 8.23. The predicted octanol–water partition coefficient (Wildman–Crippen LogP) is 4.53. The summed E-state index contributed by atoms with van der Waals surface area (Å²) in [6.07, 6.45) is 0. The Hall–Kier alpha value is -0.840. The molecule has 5 heteroatoms. The van der Waals surface area contributed by atoms with Crippen LogP contribution in [0.2, 0.25) is 5.02 Å². The highest BCUT2D eigenvalue weighted by atomic mass is 79.9. The summed E-state index contributed by atoms with van der Waals surface area (Å²) >= 11 is 9.08. The van der Waals surface area contributed by atoms with Gasteiger partial charge in [0.05, 0.1) is 11.1 Å². The molecule has 0 spiro atoms. The van der Waals surface area contributed by atoms with E-state index in [4.69, 9.17) is 16.0 Å². The third-order valence-corrected chi connectivity index (χ3v) is 3.28. The van der Waals surface area contributed by atoms with Crippen LogP contribution < -0.4 is 5.32 Å². The van der Waals surface area contributed by atoms with Crippen molar-refractivity contribution in [2.75, 3.05) is 6.54 Å². The highest BCUT2D eigenvalue weighted by Crippen LogP contribution is 2.28. The van der Waals surface area contributed by atoms with Gasteiger partial charge in [0.1, 0.15) is 11.6 Å². The van der Waals surface area contributed by atoms with E-state index < -0.39 is 5.82 Å². The van der Waals surface area contributed by atoms with Gasteiger partial charge < -0.3 is 9.73 Å². The molecular formula is C13H12BrClFNO. The van der Waals surface area contributed by atoms with Crippen LogP contribution in [0.15, 0.2) is 39.4 Å². The fourth-order valence-electron chi connectivity index (χ4n) is 1.76. The first-order valence-corrected chi connectivity index (χ1v) is 6.72. The summed E-state index contributed by atoms with van der Waals surface area (Å²) in [4.78, 5) is 0. The van der Waals surface area contributed by atoms with E-state index in [0.717, 1.165) is 17.9 Å². The summed E-state index contributed by atoms with van der Waals surface area (Å²) < 4.78 is 19.4. The lowest BCUT2D eigenvalue weighted by molar-refractivity contribution is 0.437. The number of halogens is 3. The fraction of sp³-hybridized carbons (Fsp3) is 0.231. The van der Waals surface area contributed by atoms with Gasteiger partial charge in [-0.15, -0.1) is 0 Å². The van der Waals surface area contributed by atoms with Gasteiger partial charge in [0, 0.05) is 0 Å². The van der Waals surface area contributed by atoms with Crippen molar-refractivity contribution >= 4 is 27.5 Å². The first-order valence-electron chi connectivity index (χ1n) is 5.55. The van der Waals surface area contributed by atoms with E-state index >= 15 is 0 Å². The van der Waals surface area contributed by atoms with Crippen LogP contribution in [0.4, 0.5) is 4.39 Å². The van der Waals surface area contributed by atoms with E-state index in [2.05, 4.69) is 21.2 Å². The minimum Gasteiger partial charge on any atom is -0.452 e. The highest BCUT2D eigenvalue weighted by Gasteiger charge is 2.17. The molecule has 96 valence electrons. The molecule has 2 aromatic rings. The number of hydrogen-bond donors (Lipinski definition) is 1. The summed E-state index contributed by atoms with van der Waals surface area (Å²) in [5, 5.41) is 3.39. The van der Waals surface area contributed by atoms with Crippen molar-refractivity contribution in [3.8, 4) is 0 Å². The van der Waals surface area contributed by atoms with Gasteiger partial charge in [-0.2, -0.15) is 0 Å². The van der Waals surface area contributed by atoms with Crippen molar-refractivity contribution < 1.29 is 8.81 Å². The topological polar surface area (TPSA) is 25.2 Å². The van der Waals surface area contributed by atoms with Gasteiger partial charge in [-0.25, -0.2) is 4.39 Å². The molecule has 0 saturated heterocycles. The van der Waals surface area contributed by atoms with Crippen molar-refractivity contribution in [2.45, 2.75) is 13.0 Å². The van der Waals surface area contributed by atoms with Crippen molar-refractivity contribution in [2.24, 2.45) is 0 Å². The molecule has 0 bridgehead atoms. The minimum absolute atomic E-state index is 0.112. The van der Waals surface area contributed by atoms with Crippen LogP contribution in [0.5, 0.6) is 0 Å². The number of nitrogens with one attached hydrogen (secondary N) is 1. The van der Waals surface area contributed by atoms with Crippen LogP contribution in [-0.2, 0) is 0 Å². The van der Waals surface area contributed by atoms with Gasteiger partial charge in [0.2, 0.25) is 0 Å². The summed E-state index contributed by atoms with van der Waals surface area (Å²) in [5.41, 5.74) is 0.866. The molecule has 0 radical (unpaired) electrons. The maximum absolute atomic E-state index is 13.2. The zero-order valence-electron chi connectivity index (χ0n) is 9.71. The average Bonchev–Trinajstić information content (AvgIpc) is 2.76. The Morgan fingerprint density at radius 2 is 2.17 bits per heavy atom. The Labute approximate surface area is 118 Å². The Kier molecular flexibility index (Phi) is 4.43. The van der Waals surface area contributed by atoms with Crippen LogP contribution in [-0.4, -0.2) is 6.54 Å². The Balaban J connectivity index is 2.37. The molecule has 1 N–H and O–H groups in total. The lowest BCUT2D eigenvalue weighted by Gasteiger charge is -2.16. The highest BCUT2D eigenvalue weighted by molar-refractivity contribution is 9.10. The van der Waals surface area contributed by atoms with E-state index in [1.54, 1.807) is 12.1 Å². The van der Waals surface area contributed by atoms with Gasteiger partial charge in [0.15, 0.2) is 4.67 Å². The molecule has 2 rings (SSSR count). The number of furan rings is 1. The van der Waals surface area contributed by atoms with Crippen LogP contribution in [0.3, 0.4) is 0 Å². The maximum atomic E-state index is 13.2. The van der Waals surface area contributed by atoms with Crippen molar-refractivity contribution in [3.05, 3.63) is 57.2 Å². The second-order valence-electron chi connectivity index (χ2n) is 3.81. The third-order valence-electron chi connectivity index (χ3n) is 2.56. The molecular weight excluding hydrogens is 321 g/mol. The van der Waals surface area contributed by atoms with Crippen molar-refractivity contribution in [1.82, 2.24) is 5.32 Å². The molecule has 18 heavy (non-hydrogen) atoms. The lowest BCUT2D eigenvalue weighted by Crippen LogP contribution is -2.21. The first kappa shape index (κ1) is 13.6. The molecule has 2 nitrogen and oxygen atoms in total. The zero-order valence-corrected chi connectivity index (χ0v) is 12.1. The SMILES string of the molecule is CCNC(c1ccc(F)c(Cl)c1)c1ccc(Br)o1.